The summed E-state index contributed by atoms with van der Waals surface area (Å²) in [6.45, 7) is -1.26. The summed E-state index contributed by atoms with van der Waals surface area (Å²) < 4.78 is 35.3. The maximum atomic E-state index is 12.8. The smallest absolute Gasteiger partial charge is 0.387 e. The molecule has 1 N–H and O–H groups in total. The van der Waals surface area contributed by atoms with Gasteiger partial charge in [-0.05, 0) is 37.3 Å². The fourth-order valence-electron chi connectivity index (χ4n) is 3.16. The first-order chi connectivity index (χ1) is 13.4. The number of rotatable bonds is 5. The van der Waals surface area contributed by atoms with E-state index in [1.807, 2.05) is 30.3 Å². The largest absolute Gasteiger partial charge is 0.466 e. The minimum absolute atomic E-state index is 0.0415. The number of carbonyl (C=O) groups is 1. The topological polar surface area (TPSA) is 50.8 Å². The molecule has 146 valence electrons. The first kappa shape index (κ1) is 19.8. The number of anilines is 1. The number of allylic oxidation sites excluding steroid dienone is 1. The van der Waals surface area contributed by atoms with E-state index in [4.69, 9.17) is 17.0 Å². The highest BCUT2D eigenvalue weighted by atomic mass is 32.1. The Morgan fingerprint density at radius 2 is 1.79 bits per heavy atom. The molecule has 0 spiro atoms. The van der Waals surface area contributed by atoms with Crippen LogP contribution in [0, 0.1) is 0 Å². The molecule has 2 aromatic rings. The van der Waals surface area contributed by atoms with Gasteiger partial charge in [0.05, 0.1) is 18.7 Å². The first-order valence-corrected chi connectivity index (χ1v) is 8.83. The molecule has 1 heterocycles. The zero-order valence-electron chi connectivity index (χ0n) is 15.2. The summed E-state index contributed by atoms with van der Waals surface area (Å²) in [5.41, 5.74) is 1.91. The van der Waals surface area contributed by atoms with Gasteiger partial charge in [0.25, 0.3) is 0 Å². The number of alkyl halides is 2. The summed E-state index contributed by atoms with van der Waals surface area (Å²) in [5, 5.41) is 3.39. The number of ether oxygens (including phenoxy) is 2. The molecular formula is C20H18F2N2O3S. The van der Waals surface area contributed by atoms with Gasteiger partial charge in [0, 0.05) is 16.9 Å². The molecular weight excluding hydrogens is 386 g/mol. The summed E-state index contributed by atoms with van der Waals surface area (Å²) in [6, 6.07) is 14.7. The van der Waals surface area contributed by atoms with Gasteiger partial charge in [0.1, 0.15) is 5.75 Å². The SMILES string of the molecule is COC(=O)C1=C(C)N(c2ccccc2)C(=S)N[C@H]1c1ccccc1OC(F)F. The molecule has 5 nitrogen and oxygen atoms in total. The average molecular weight is 404 g/mol. The third-order valence-corrected chi connectivity index (χ3v) is 4.65. The van der Waals surface area contributed by atoms with Crippen LogP contribution in [-0.2, 0) is 9.53 Å². The van der Waals surface area contributed by atoms with Crippen molar-refractivity contribution in [1.29, 1.82) is 0 Å². The van der Waals surface area contributed by atoms with Crippen molar-refractivity contribution in [3.63, 3.8) is 0 Å². The third-order valence-electron chi connectivity index (χ3n) is 4.35. The molecule has 0 bridgehead atoms. The summed E-state index contributed by atoms with van der Waals surface area (Å²) in [6.07, 6.45) is 0. The standard InChI is InChI=1S/C20H18F2N2O3S/c1-12-16(18(25)26-2)17(14-10-6-7-11-15(14)27-19(21)22)23-20(28)24(12)13-8-4-3-5-9-13/h3-11,17,19H,1-2H3,(H,23,28)/t17-/m0/s1. The highest BCUT2D eigenvalue weighted by molar-refractivity contribution is 7.80. The van der Waals surface area contributed by atoms with Crippen LogP contribution in [0.3, 0.4) is 0 Å². The van der Waals surface area contributed by atoms with Crippen LogP contribution in [0.2, 0.25) is 0 Å². The van der Waals surface area contributed by atoms with Crippen molar-refractivity contribution in [1.82, 2.24) is 5.32 Å². The second kappa shape index (κ2) is 8.35. The molecule has 28 heavy (non-hydrogen) atoms. The number of hydrogen-bond acceptors (Lipinski definition) is 4. The van der Waals surface area contributed by atoms with Crippen molar-refractivity contribution in [2.45, 2.75) is 19.6 Å². The number of nitrogens with one attached hydrogen (secondary N) is 1. The average Bonchev–Trinajstić information content (AvgIpc) is 2.68. The van der Waals surface area contributed by atoms with E-state index in [1.165, 1.54) is 13.2 Å². The van der Waals surface area contributed by atoms with Crippen LogP contribution in [0.5, 0.6) is 5.75 Å². The molecule has 0 saturated carbocycles. The lowest BCUT2D eigenvalue weighted by Gasteiger charge is -2.37. The minimum Gasteiger partial charge on any atom is -0.466 e. The van der Waals surface area contributed by atoms with Crippen LogP contribution in [0.25, 0.3) is 0 Å². The van der Waals surface area contributed by atoms with Crippen LogP contribution in [0.4, 0.5) is 14.5 Å². The van der Waals surface area contributed by atoms with Crippen molar-refractivity contribution >= 4 is 29.0 Å². The molecule has 0 amide bonds. The molecule has 2 aromatic carbocycles. The van der Waals surface area contributed by atoms with Crippen LogP contribution >= 0.6 is 12.2 Å². The molecule has 1 aliphatic rings. The summed E-state index contributed by atoms with van der Waals surface area (Å²) in [5.74, 6) is -0.634. The lowest BCUT2D eigenvalue weighted by atomic mass is 9.94. The van der Waals surface area contributed by atoms with Gasteiger partial charge in [0.2, 0.25) is 0 Å². The Labute approximate surface area is 166 Å². The van der Waals surface area contributed by atoms with Crippen LogP contribution < -0.4 is 15.0 Å². The van der Waals surface area contributed by atoms with Gasteiger partial charge in [0.15, 0.2) is 5.11 Å². The van der Waals surface area contributed by atoms with E-state index in [0.717, 1.165) is 5.69 Å². The molecule has 0 aromatic heterocycles. The number of esters is 1. The van der Waals surface area contributed by atoms with Crippen molar-refractivity contribution in [2.75, 3.05) is 12.0 Å². The lowest BCUT2D eigenvalue weighted by molar-refractivity contribution is -0.136. The van der Waals surface area contributed by atoms with Gasteiger partial charge in [-0.2, -0.15) is 8.78 Å². The summed E-state index contributed by atoms with van der Waals surface area (Å²) >= 11 is 5.51. The Morgan fingerprint density at radius 1 is 1.14 bits per heavy atom. The molecule has 0 fully saturated rings. The zero-order chi connectivity index (χ0) is 20.3. The molecule has 1 aliphatic heterocycles. The third kappa shape index (κ3) is 3.82. The van der Waals surface area contributed by atoms with Crippen LogP contribution in [-0.4, -0.2) is 24.8 Å². The fraction of sp³-hybridized carbons (Fsp3) is 0.200. The number of nitrogens with zero attached hydrogens (tertiary/aromatic N) is 1. The van der Waals surface area contributed by atoms with E-state index in [1.54, 1.807) is 30.0 Å². The summed E-state index contributed by atoms with van der Waals surface area (Å²) in [4.78, 5) is 14.3. The van der Waals surface area contributed by atoms with Crippen molar-refractivity contribution in [3.8, 4) is 5.75 Å². The predicted octanol–water partition coefficient (Wildman–Crippen LogP) is 4.17. The fourth-order valence-corrected chi connectivity index (χ4v) is 3.52. The number of benzene rings is 2. The number of methoxy groups -OCH3 is 1. The minimum atomic E-state index is -3.00. The molecule has 0 saturated heterocycles. The van der Waals surface area contributed by atoms with Gasteiger partial charge in [-0.25, -0.2) is 4.79 Å². The Balaban J connectivity index is 2.14. The number of thiocarbonyl (C=S) groups is 1. The van der Waals surface area contributed by atoms with Gasteiger partial charge in [-0.15, -0.1) is 0 Å². The molecule has 0 aliphatic carbocycles. The predicted molar refractivity (Wildman–Crippen MR) is 105 cm³/mol. The molecule has 3 rings (SSSR count). The highest BCUT2D eigenvalue weighted by Gasteiger charge is 2.36. The Morgan fingerprint density at radius 3 is 2.43 bits per heavy atom. The van der Waals surface area contributed by atoms with Gasteiger partial charge < -0.3 is 14.8 Å². The monoisotopic (exact) mass is 404 g/mol. The van der Waals surface area contributed by atoms with Gasteiger partial charge >= 0.3 is 12.6 Å². The van der Waals surface area contributed by atoms with Crippen LogP contribution in [0.15, 0.2) is 65.9 Å². The lowest BCUT2D eigenvalue weighted by Crippen LogP contribution is -2.48. The Hall–Kier alpha value is -3.00. The van der Waals surface area contributed by atoms with Crippen LogP contribution in [0.1, 0.15) is 18.5 Å². The number of halogens is 2. The first-order valence-electron chi connectivity index (χ1n) is 8.42. The second-order valence-electron chi connectivity index (χ2n) is 5.96. The van der Waals surface area contributed by atoms with E-state index < -0.39 is 18.6 Å². The number of hydrogen-bond donors (Lipinski definition) is 1. The maximum Gasteiger partial charge on any atom is 0.387 e. The maximum absolute atomic E-state index is 12.8. The number of para-hydroxylation sites is 2. The van der Waals surface area contributed by atoms with E-state index in [0.29, 0.717) is 16.4 Å². The van der Waals surface area contributed by atoms with E-state index in [2.05, 4.69) is 10.1 Å². The molecule has 0 unspecified atom stereocenters. The highest BCUT2D eigenvalue weighted by Crippen LogP contribution is 2.37. The van der Waals surface area contributed by atoms with Gasteiger partial charge in [-0.3, -0.25) is 4.90 Å². The number of carbonyl (C=O) groups excluding carboxylic acids is 1. The second-order valence-corrected chi connectivity index (χ2v) is 6.35. The van der Waals surface area contributed by atoms with Gasteiger partial charge in [-0.1, -0.05) is 36.4 Å². The Kier molecular flexibility index (Phi) is 5.89. The van der Waals surface area contributed by atoms with Crippen molar-refractivity contribution in [2.24, 2.45) is 0 Å². The van der Waals surface area contributed by atoms with E-state index in [-0.39, 0.29) is 11.3 Å². The van der Waals surface area contributed by atoms with Crippen molar-refractivity contribution < 1.29 is 23.0 Å². The molecule has 8 heteroatoms. The Bertz CT molecular complexity index is 919. The molecule has 1 atom stereocenters. The normalized spacial score (nSPS) is 16.8. The van der Waals surface area contributed by atoms with Crippen molar-refractivity contribution in [3.05, 3.63) is 71.4 Å². The van der Waals surface area contributed by atoms with E-state index in [9.17, 15) is 13.6 Å². The zero-order valence-corrected chi connectivity index (χ0v) is 16.0. The quantitative estimate of drug-likeness (QED) is 0.596. The molecule has 0 radical (unpaired) electrons. The van der Waals surface area contributed by atoms with E-state index >= 15 is 0 Å². The summed E-state index contributed by atoms with van der Waals surface area (Å²) in [7, 11) is 1.26.